The lowest BCUT2D eigenvalue weighted by Gasteiger charge is -2.09. The van der Waals surface area contributed by atoms with E-state index < -0.39 is 10.0 Å². The van der Waals surface area contributed by atoms with Gasteiger partial charge in [0.15, 0.2) is 0 Å². The summed E-state index contributed by atoms with van der Waals surface area (Å²) in [5.74, 6) is -0.0696. The zero-order valence-electron chi connectivity index (χ0n) is 15.8. The Kier molecular flexibility index (Phi) is 5.48. The molecule has 0 amide bonds. The van der Waals surface area contributed by atoms with E-state index in [0.717, 1.165) is 33.2 Å². The van der Waals surface area contributed by atoms with Crippen LogP contribution in [0.1, 0.15) is 27.8 Å². The zero-order valence-corrected chi connectivity index (χ0v) is 16.6. The van der Waals surface area contributed by atoms with E-state index in [4.69, 9.17) is 0 Å². The van der Waals surface area contributed by atoms with Gasteiger partial charge in [-0.05, 0) is 55.3 Å². The van der Waals surface area contributed by atoms with E-state index >= 15 is 0 Å². The van der Waals surface area contributed by atoms with Crippen molar-refractivity contribution in [2.45, 2.75) is 32.9 Å². The van der Waals surface area contributed by atoms with Crippen molar-refractivity contribution >= 4 is 20.9 Å². The van der Waals surface area contributed by atoms with Crippen molar-refractivity contribution in [3.8, 4) is 0 Å². The minimum atomic E-state index is -3.45. The van der Waals surface area contributed by atoms with E-state index in [0.29, 0.717) is 12.0 Å². The second-order valence-electron chi connectivity index (χ2n) is 6.98. The molecule has 0 saturated heterocycles. The van der Waals surface area contributed by atoms with E-state index in [2.05, 4.69) is 9.71 Å². The normalized spacial score (nSPS) is 11.8. The molecule has 1 heterocycles. The first-order valence-electron chi connectivity index (χ1n) is 8.90. The number of aromatic nitrogens is 1. The van der Waals surface area contributed by atoms with E-state index in [9.17, 15) is 13.2 Å². The Bertz CT molecular complexity index is 1130. The third-order valence-electron chi connectivity index (χ3n) is 4.82. The Morgan fingerprint density at radius 3 is 2.41 bits per heavy atom. The van der Waals surface area contributed by atoms with Crippen LogP contribution >= 0.6 is 0 Å². The van der Waals surface area contributed by atoms with Gasteiger partial charge >= 0.3 is 0 Å². The monoisotopic (exact) mass is 384 g/mol. The molecule has 5 nitrogen and oxygen atoms in total. The van der Waals surface area contributed by atoms with Crippen molar-refractivity contribution in [2.75, 3.05) is 6.54 Å². The van der Waals surface area contributed by atoms with Crippen LogP contribution in [0.2, 0.25) is 0 Å². The third kappa shape index (κ3) is 4.64. The summed E-state index contributed by atoms with van der Waals surface area (Å²) in [6.45, 7) is 6.13. The molecule has 0 spiro atoms. The van der Waals surface area contributed by atoms with Crippen LogP contribution in [0.5, 0.6) is 0 Å². The smallest absolute Gasteiger partial charge is 0.251 e. The average molecular weight is 385 g/mol. The number of fused-ring (bicyclic) bond motifs is 1. The van der Waals surface area contributed by atoms with Crippen LogP contribution in [0.4, 0.5) is 0 Å². The lowest BCUT2D eigenvalue weighted by Crippen LogP contribution is -2.28. The maximum Gasteiger partial charge on any atom is 0.251 e. The maximum absolute atomic E-state index is 12.3. The molecule has 0 bridgehead atoms. The van der Waals surface area contributed by atoms with Crippen LogP contribution in [-0.2, 0) is 22.2 Å². The topological polar surface area (TPSA) is 79.0 Å². The van der Waals surface area contributed by atoms with Crippen molar-refractivity contribution in [3.63, 3.8) is 0 Å². The SMILES string of the molecule is Cc1ccc(CS(=O)(=O)NCCc2cc3ccc(C)c(C)c3[nH]c2=O)cc1. The lowest BCUT2D eigenvalue weighted by atomic mass is 10.0. The number of benzene rings is 2. The summed E-state index contributed by atoms with van der Waals surface area (Å²) < 4.78 is 27.1. The maximum atomic E-state index is 12.3. The molecule has 0 atom stereocenters. The fourth-order valence-electron chi connectivity index (χ4n) is 3.05. The second kappa shape index (κ2) is 7.66. The number of aryl methyl sites for hydroxylation is 3. The minimum Gasteiger partial charge on any atom is -0.321 e. The molecule has 0 aliphatic carbocycles. The van der Waals surface area contributed by atoms with Gasteiger partial charge in [-0.1, -0.05) is 42.0 Å². The van der Waals surface area contributed by atoms with Crippen LogP contribution in [0.15, 0.2) is 47.3 Å². The first-order valence-corrected chi connectivity index (χ1v) is 10.6. The largest absolute Gasteiger partial charge is 0.321 e. The zero-order chi connectivity index (χ0) is 19.6. The van der Waals surface area contributed by atoms with Gasteiger partial charge in [0.05, 0.1) is 11.3 Å². The molecular formula is C21H24N2O3S. The number of H-pyrrole nitrogens is 1. The van der Waals surface area contributed by atoms with E-state index in [-0.39, 0.29) is 17.9 Å². The lowest BCUT2D eigenvalue weighted by molar-refractivity contribution is 0.580. The Morgan fingerprint density at radius 2 is 1.70 bits per heavy atom. The standard InChI is InChI=1S/C21H24N2O3S/c1-14-4-7-17(8-5-14)13-27(25,26)22-11-10-19-12-18-9-6-15(2)16(3)20(18)23-21(19)24/h4-9,12,22H,10-11,13H2,1-3H3,(H,23,24). The number of aromatic amines is 1. The second-order valence-corrected chi connectivity index (χ2v) is 8.79. The Balaban J connectivity index is 1.69. The number of hydrogen-bond acceptors (Lipinski definition) is 3. The summed E-state index contributed by atoms with van der Waals surface area (Å²) in [5, 5.41) is 0.954. The van der Waals surface area contributed by atoms with Gasteiger partial charge in [-0.25, -0.2) is 13.1 Å². The van der Waals surface area contributed by atoms with Gasteiger partial charge in [-0.15, -0.1) is 0 Å². The van der Waals surface area contributed by atoms with Gasteiger partial charge < -0.3 is 4.98 Å². The fourth-order valence-corrected chi connectivity index (χ4v) is 4.20. The van der Waals surface area contributed by atoms with Crippen molar-refractivity contribution < 1.29 is 8.42 Å². The van der Waals surface area contributed by atoms with Gasteiger partial charge in [0.2, 0.25) is 10.0 Å². The van der Waals surface area contributed by atoms with Crippen LogP contribution in [0.25, 0.3) is 10.9 Å². The van der Waals surface area contributed by atoms with E-state index in [1.807, 2.05) is 63.2 Å². The molecule has 2 aromatic carbocycles. The summed E-state index contributed by atoms with van der Waals surface area (Å²) in [4.78, 5) is 15.3. The molecule has 27 heavy (non-hydrogen) atoms. The molecule has 3 rings (SSSR count). The first kappa shape index (κ1) is 19.3. The number of sulfonamides is 1. The van der Waals surface area contributed by atoms with Crippen molar-refractivity contribution in [3.05, 3.63) is 80.6 Å². The molecule has 2 N–H and O–H groups in total. The molecule has 0 radical (unpaired) electrons. The van der Waals surface area contributed by atoms with Crippen molar-refractivity contribution in [1.82, 2.24) is 9.71 Å². The highest BCUT2D eigenvalue weighted by atomic mass is 32.2. The highest BCUT2D eigenvalue weighted by molar-refractivity contribution is 7.88. The highest BCUT2D eigenvalue weighted by Gasteiger charge is 2.12. The quantitative estimate of drug-likeness (QED) is 0.685. The third-order valence-corrected chi connectivity index (χ3v) is 6.18. The minimum absolute atomic E-state index is 0.0696. The molecular weight excluding hydrogens is 360 g/mol. The average Bonchev–Trinajstić information content (AvgIpc) is 2.61. The Hall–Kier alpha value is -2.44. The molecule has 0 aliphatic heterocycles. The van der Waals surface area contributed by atoms with Crippen LogP contribution in [0, 0.1) is 20.8 Å². The highest BCUT2D eigenvalue weighted by Crippen LogP contribution is 2.19. The van der Waals surface area contributed by atoms with Gasteiger partial charge in [0.25, 0.3) is 5.56 Å². The van der Waals surface area contributed by atoms with Crippen LogP contribution in [-0.4, -0.2) is 19.9 Å². The predicted octanol–water partition coefficient (Wildman–Crippen LogP) is 3.12. The first-order chi connectivity index (χ1) is 12.7. The van der Waals surface area contributed by atoms with E-state index in [1.165, 1.54) is 0 Å². The summed E-state index contributed by atoms with van der Waals surface area (Å²) in [5.41, 5.74) is 5.23. The predicted molar refractivity (Wildman–Crippen MR) is 110 cm³/mol. The molecule has 0 saturated carbocycles. The Labute approximate surface area is 159 Å². The Morgan fingerprint density at radius 1 is 1.00 bits per heavy atom. The number of hydrogen-bond donors (Lipinski definition) is 2. The molecule has 6 heteroatoms. The summed E-state index contributed by atoms with van der Waals surface area (Å²) in [7, 11) is -3.45. The molecule has 3 aromatic rings. The van der Waals surface area contributed by atoms with Crippen molar-refractivity contribution in [2.24, 2.45) is 0 Å². The van der Waals surface area contributed by atoms with Crippen LogP contribution < -0.4 is 10.3 Å². The molecule has 0 aliphatic rings. The van der Waals surface area contributed by atoms with Gasteiger partial charge in [0, 0.05) is 12.1 Å². The summed E-state index contributed by atoms with van der Waals surface area (Å²) in [6.07, 6.45) is 0.339. The molecule has 0 fully saturated rings. The van der Waals surface area contributed by atoms with Gasteiger partial charge in [-0.2, -0.15) is 0 Å². The fraction of sp³-hybridized carbons (Fsp3) is 0.286. The van der Waals surface area contributed by atoms with Crippen LogP contribution in [0.3, 0.4) is 0 Å². The van der Waals surface area contributed by atoms with E-state index in [1.54, 1.807) is 0 Å². The molecule has 0 unspecified atom stereocenters. The van der Waals surface area contributed by atoms with Gasteiger partial charge in [-0.3, -0.25) is 4.79 Å². The summed E-state index contributed by atoms with van der Waals surface area (Å²) in [6, 6.07) is 13.2. The summed E-state index contributed by atoms with van der Waals surface area (Å²) >= 11 is 0. The number of nitrogens with one attached hydrogen (secondary N) is 2. The number of rotatable bonds is 6. The molecule has 142 valence electrons. The number of pyridine rings is 1. The molecule has 1 aromatic heterocycles. The van der Waals surface area contributed by atoms with Crippen molar-refractivity contribution in [1.29, 1.82) is 0 Å². The van der Waals surface area contributed by atoms with Gasteiger partial charge in [0.1, 0.15) is 0 Å².